The fourth-order valence-corrected chi connectivity index (χ4v) is 4.25. The van der Waals surface area contributed by atoms with E-state index in [4.69, 9.17) is 9.84 Å². The van der Waals surface area contributed by atoms with Crippen LogP contribution < -0.4 is 10.1 Å². The average Bonchev–Trinajstić information content (AvgIpc) is 2.90. The lowest BCUT2D eigenvalue weighted by atomic mass is 10.1. The molecule has 1 aromatic carbocycles. The molecule has 8 heteroatoms. The Bertz CT molecular complexity index is 1140. The number of aromatic nitrogens is 2. The van der Waals surface area contributed by atoms with Gasteiger partial charge in [0.25, 0.3) is 0 Å². The normalized spacial score (nSPS) is 14.8. The molecule has 2 aromatic heterocycles. The summed E-state index contributed by atoms with van der Waals surface area (Å²) in [6.45, 7) is 5.19. The molecule has 1 saturated heterocycles. The second kappa shape index (κ2) is 12.4. The Morgan fingerprint density at radius 3 is 2.28 bits per heavy atom. The zero-order valence-electron chi connectivity index (χ0n) is 20.5. The van der Waals surface area contributed by atoms with Crippen LogP contribution >= 0.6 is 0 Å². The lowest BCUT2D eigenvalue weighted by Gasteiger charge is -2.33. The van der Waals surface area contributed by atoms with E-state index in [1.54, 1.807) is 12.1 Å². The van der Waals surface area contributed by atoms with Gasteiger partial charge in [0.1, 0.15) is 11.8 Å². The molecular weight excluding hydrogens is 456 g/mol. The first-order valence-corrected chi connectivity index (χ1v) is 12.3. The molecule has 8 nitrogen and oxygen atoms in total. The van der Waals surface area contributed by atoms with Crippen LogP contribution in [0.2, 0.25) is 0 Å². The monoisotopic (exact) mass is 488 g/mol. The van der Waals surface area contributed by atoms with E-state index in [0.717, 1.165) is 61.5 Å². The number of rotatable bonds is 10. The number of carboxylic acid groups (broad SMARTS) is 1. The number of carbonyl (C=O) groups is 2. The molecule has 0 radical (unpaired) electrons. The van der Waals surface area contributed by atoms with Gasteiger partial charge in [-0.1, -0.05) is 18.2 Å². The maximum absolute atomic E-state index is 13.2. The lowest BCUT2D eigenvalue weighted by molar-refractivity contribution is -0.141. The van der Waals surface area contributed by atoms with E-state index in [1.807, 2.05) is 37.4 Å². The van der Waals surface area contributed by atoms with Crippen molar-refractivity contribution >= 4 is 11.9 Å². The molecule has 36 heavy (non-hydrogen) atoms. The first-order chi connectivity index (χ1) is 17.5. The molecule has 3 aromatic rings. The van der Waals surface area contributed by atoms with Crippen molar-refractivity contribution < 1.29 is 19.4 Å². The number of hydrogen-bond acceptors (Lipinski definition) is 7. The van der Waals surface area contributed by atoms with Crippen molar-refractivity contribution in [3.05, 3.63) is 89.0 Å². The third-order valence-corrected chi connectivity index (χ3v) is 6.39. The van der Waals surface area contributed by atoms with E-state index in [1.165, 1.54) is 6.20 Å². The van der Waals surface area contributed by atoms with Gasteiger partial charge in [-0.25, -0.2) is 9.59 Å². The summed E-state index contributed by atoms with van der Waals surface area (Å²) >= 11 is 0. The van der Waals surface area contributed by atoms with Gasteiger partial charge in [0.05, 0.1) is 5.56 Å². The van der Waals surface area contributed by atoms with Crippen LogP contribution in [0.15, 0.2) is 60.9 Å². The number of aryl methyl sites for hydroxylation is 4. The average molecular weight is 489 g/mol. The Morgan fingerprint density at radius 1 is 0.944 bits per heavy atom. The number of piperazine rings is 1. The highest BCUT2D eigenvalue weighted by Crippen LogP contribution is 2.18. The molecule has 1 fully saturated rings. The third-order valence-electron chi connectivity index (χ3n) is 6.39. The van der Waals surface area contributed by atoms with Gasteiger partial charge in [0.2, 0.25) is 0 Å². The fraction of sp³-hybridized carbons (Fsp3) is 0.357. The summed E-state index contributed by atoms with van der Waals surface area (Å²) in [4.78, 5) is 35.1. The van der Waals surface area contributed by atoms with Gasteiger partial charge < -0.3 is 15.2 Å². The maximum atomic E-state index is 13.2. The minimum absolute atomic E-state index is 0.149. The molecule has 0 aliphatic carbocycles. The molecule has 1 aliphatic heterocycles. The molecule has 0 spiro atoms. The van der Waals surface area contributed by atoms with Gasteiger partial charge in [-0.2, -0.15) is 0 Å². The molecule has 2 N–H and O–H groups in total. The maximum Gasteiger partial charge on any atom is 0.337 e. The van der Waals surface area contributed by atoms with Gasteiger partial charge in [0.15, 0.2) is 0 Å². The fourth-order valence-electron chi connectivity index (χ4n) is 4.25. The molecule has 0 amide bonds. The zero-order valence-corrected chi connectivity index (χ0v) is 20.5. The van der Waals surface area contributed by atoms with Gasteiger partial charge in [0, 0.05) is 50.0 Å². The number of benzene rings is 1. The van der Waals surface area contributed by atoms with Crippen LogP contribution in [0.5, 0.6) is 5.75 Å². The van der Waals surface area contributed by atoms with Gasteiger partial charge in [-0.3, -0.25) is 14.9 Å². The molecule has 1 atom stereocenters. The number of esters is 1. The van der Waals surface area contributed by atoms with Gasteiger partial charge >= 0.3 is 11.9 Å². The molecule has 0 bridgehead atoms. The first-order valence-electron chi connectivity index (χ1n) is 12.3. The molecule has 4 rings (SSSR count). The molecule has 1 aliphatic rings. The first kappa shape index (κ1) is 25.5. The Morgan fingerprint density at radius 2 is 1.64 bits per heavy atom. The van der Waals surface area contributed by atoms with E-state index in [-0.39, 0.29) is 11.5 Å². The molecule has 188 valence electrons. The Hall–Kier alpha value is -3.62. The van der Waals surface area contributed by atoms with Crippen molar-refractivity contribution in [2.45, 2.75) is 38.6 Å². The van der Waals surface area contributed by atoms with Crippen LogP contribution in [0.3, 0.4) is 0 Å². The number of carboxylic acids is 1. The Labute approximate surface area is 211 Å². The van der Waals surface area contributed by atoms with Gasteiger partial charge in [-0.15, -0.1) is 0 Å². The highest BCUT2D eigenvalue weighted by molar-refractivity contribution is 5.87. The van der Waals surface area contributed by atoms with Crippen molar-refractivity contribution in [3.63, 3.8) is 0 Å². The van der Waals surface area contributed by atoms with Crippen LogP contribution in [0.1, 0.15) is 39.3 Å². The smallest absolute Gasteiger partial charge is 0.337 e. The van der Waals surface area contributed by atoms with Crippen LogP contribution in [-0.2, 0) is 24.1 Å². The Balaban J connectivity index is 1.36. The van der Waals surface area contributed by atoms with E-state index in [0.29, 0.717) is 18.6 Å². The minimum Gasteiger partial charge on any atom is -0.478 e. The van der Waals surface area contributed by atoms with Crippen molar-refractivity contribution in [2.24, 2.45) is 0 Å². The predicted molar refractivity (Wildman–Crippen MR) is 136 cm³/mol. The number of nitrogens with zero attached hydrogens (tertiary/aromatic N) is 3. The second-order valence-electron chi connectivity index (χ2n) is 9.08. The summed E-state index contributed by atoms with van der Waals surface area (Å²) in [6.07, 6.45) is 6.04. The number of pyridine rings is 2. The summed E-state index contributed by atoms with van der Waals surface area (Å²) < 4.78 is 5.79. The molecule has 0 saturated carbocycles. The summed E-state index contributed by atoms with van der Waals surface area (Å²) in [5.41, 5.74) is 4.26. The van der Waals surface area contributed by atoms with Crippen molar-refractivity contribution in [2.75, 3.05) is 26.2 Å². The topological polar surface area (TPSA) is 105 Å². The lowest BCUT2D eigenvalue weighted by Crippen LogP contribution is -2.52. The summed E-state index contributed by atoms with van der Waals surface area (Å²) in [5.74, 6) is -0.758. The summed E-state index contributed by atoms with van der Waals surface area (Å²) in [6, 6.07) is 14.6. The van der Waals surface area contributed by atoms with Crippen LogP contribution in [0.4, 0.5) is 0 Å². The quantitative estimate of drug-likeness (QED) is 0.331. The highest BCUT2D eigenvalue weighted by Gasteiger charge is 2.29. The number of aromatic carboxylic acids is 1. The van der Waals surface area contributed by atoms with Gasteiger partial charge in [-0.05, 0) is 74.1 Å². The SMILES string of the molecule is Cc1ccc(CCc2ccc(OC(=O)C(CCc3ccc(C(=O)O)cn3)N3CCNCC3)cc2)nc1. The Kier molecular flexibility index (Phi) is 8.76. The van der Waals surface area contributed by atoms with E-state index < -0.39 is 12.0 Å². The van der Waals surface area contributed by atoms with E-state index in [2.05, 4.69) is 32.3 Å². The third kappa shape index (κ3) is 7.19. The predicted octanol–water partition coefficient (Wildman–Crippen LogP) is 3.08. The highest BCUT2D eigenvalue weighted by atomic mass is 16.5. The molecular formula is C28H32N4O4. The minimum atomic E-state index is -1.01. The molecule has 1 unspecified atom stereocenters. The number of ether oxygens (including phenoxy) is 1. The van der Waals surface area contributed by atoms with Crippen molar-refractivity contribution in [1.29, 1.82) is 0 Å². The molecule has 3 heterocycles. The number of nitrogens with one attached hydrogen (secondary N) is 1. The summed E-state index contributed by atoms with van der Waals surface area (Å²) in [5, 5.41) is 12.4. The van der Waals surface area contributed by atoms with Crippen LogP contribution in [0, 0.1) is 6.92 Å². The van der Waals surface area contributed by atoms with E-state index in [9.17, 15) is 9.59 Å². The van der Waals surface area contributed by atoms with Crippen LogP contribution in [0.25, 0.3) is 0 Å². The second-order valence-corrected chi connectivity index (χ2v) is 9.08. The van der Waals surface area contributed by atoms with Crippen LogP contribution in [-0.4, -0.2) is 64.1 Å². The van der Waals surface area contributed by atoms with Crippen molar-refractivity contribution in [1.82, 2.24) is 20.2 Å². The van der Waals surface area contributed by atoms with E-state index >= 15 is 0 Å². The zero-order chi connectivity index (χ0) is 25.3. The van der Waals surface area contributed by atoms with Crippen molar-refractivity contribution in [3.8, 4) is 5.75 Å². The number of hydrogen-bond donors (Lipinski definition) is 2. The number of carbonyl (C=O) groups excluding carboxylic acids is 1. The summed E-state index contributed by atoms with van der Waals surface area (Å²) in [7, 11) is 0. The largest absolute Gasteiger partial charge is 0.478 e. The standard InChI is InChI=1S/C28H32N4O4/c1-20-2-7-23(30-18-20)8-3-21-4-11-25(12-5-21)36-28(35)26(32-16-14-29-15-17-32)13-10-24-9-6-22(19-31-24)27(33)34/h2,4-7,9,11-12,18-19,26,29H,3,8,10,13-17H2,1H3,(H,33,34).